The highest BCUT2D eigenvalue weighted by atomic mass is 16.3. The van der Waals surface area contributed by atoms with Gasteiger partial charge < -0.3 is 5.11 Å². The molecule has 0 saturated heterocycles. The minimum absolute atomic E-state index is 0.216. The third-order valence-corrected chi connectivity index (χ3v) is 3.76. The second-order valence-electron chi connectivity index (χ2n) is 5.08. The van der Waals surface area contributed by atoms with E-state index in [0.717, 1.165) is 10.8 Å². The first-order chi connectivity index (χ1) is 10.8. The first-order valence-electron chi connectivity index (χ1n) is 6.94. The van der Waals surface area contributed by atoms with Crippen LogP contribution in [0.4, 0.5) is 0 Å². The fourth-order valence-corrected chi connectivity index (χ4v) is 2.71. The normalized spacial score (nSPS) is 11.1. The number of benzene rings is 2. The van der Waals surface area contributed by atoms with E-state index < -0.39 is 0 Å². The van der Waals surface area contributed by atoms with Gasteiger partial charge in [-0.05, 0) is 17.0 Å². The molecule has 4 nitrogen and oxygen atoms in total. The summed E-state index contributed by atoms with van der Waals surface area (Å²) in [5.74, 6) is -0.243. The lowest BCUT2D eigenvalue weighted by atomic mass is 10.1. The minimum atomic E-state index is -0.278. The van der Waals surface area contributed by atoms with Gasteiger partial charge in [-0.3, -0.25) is 9.20 Å². The molecule has 4 rings (SSSR count). The molecular formula is C18H12N2O2. The second kappa shape index (κ2) is 4.70. The summed E-state index contributed by atoms with van der Waals surface area (Å²) in [5, 5.41) is 12.1. The quantitative estimate of drug-likeness (QED) is 0.547. The second-order valence-corrected chi connectivity index (χ2v) is 5.08. The topological polar surface area (TPSA) is 54.6 Å². The zero-order valence-electron chi connectivity index (χ0n) is 11.6. The number of aromatic hydroxyl groups is 1. The Kier molecular flexibility index (Phi) is 2.69. The van der Waals surface area contributed by atoms with E-state index in [9.17, 15) is 9.90 Å². The number of nitrogens with zero attached hydrogens (tertiary/aromatic N) is 2. The van der Waals surface area contributed by atoms with E-state index >= 15 is 0 Å². The Labute approximate surface area is 125 Å². The lowest BCUT2D eigenvalue weighted by molar-refractivity contribution is 0.455. The van der Waals surface area contributed by atoms with Gasteiger partial charge in [-0.2, -0.15) is 4.98 Å². The maximum atomic E-state index is 12.8. The summed E-state index contributed by atoms with van der Waals surface area (Å²) in [6.07, 6.45) is 1.69. The van der Waals surface area contributed by atoms with Crippen LogP contribution in [0.15, 0.2) is 71.7 Å². The Morgan fingerprint density at radius 1 is 0.909 bits per heavy atom. The van der Waals surface area contributed by atoms with Crippen LogP contribution >= 0.6 is 0 Å². The molecule has 0 atom stereocenters. The molecule has 22 heavy (non-hydrogen) atoms. The van der Waals surface area contributed by atoms with Crippen molar-refractivity contribution in [3.63, 3.8) is 0 Å². The van der Waals surface area contributed by atoms with Crippen molar-refractivity contribution in [1.29, 1.82) is 0 Å². The van der Waals surface area contributed by atoms with Gasteiger partial charge in [-0.1, -0.05) is 54.6 Å². The first kappa shape index (κ1) is 12.6. The molecule has 0 aliphatic carbocycles. The Morgan fingerprint density at radius 2 is 1.64 bits per heavy atom. The maximum absolute atomic E-state index is 12.8. The predicted octanol–water partition coefficient (Wildman–Crippen LogP) is 3.22. The Hall–Kier alpha value is -3.14. The van der Waals surface area contributed by atoms with Gasteiger partial charge >= 0.3 is 0 Å². The molecule has 0 unspecified atom stereocenters. The molecule has 0 saturated carbocycles. The van der Waals surface area contributed by atoms with Gasteiger partial charge in [0.05, 0.1) is 0 Å². The van der Waals surface area contributed by atoms with Gasteiger partial charge in [-0.25, -0.2) is 0 Å². The third-order valence-electron chi connectivity index (χ3n) is 3.76. The van der Waals surface area contributed by atoms with Crippen LogP contribution in [0.2, 0.25) is 0 Å². The van der Waals surface area contributed by atoms with Gasteiger partial charge in [-0.15, -0.1) is 0 Å². The standard InChI is InChI=1S/C18H12N2O2/c21-17-15(13-7-2-1-3-8-13)18(22)20-11-10-12-6-4-5-9-14(12)16(20)19-17/h1-11,21H. The largest absolute Gasteiger partial charge is 0.493 e. The minimum Gasteiger partial charge on any atom is -0.493 e. The van der Waals surface area contributed by atoms with Crippen LogP contribution in [0.25, 0.3) is 27.5 Å². The number of hydrogen-bond acceptors (Lipinski definition) is 3. The van der Waals surface area contributed by atoms with Crippen LogP contribution in [0.5, 0.6) is 5.88 Å². The Balaban J connectivity index is 2.15. The van der Waals surface area contributed by atoms with E-state index in [4.69, 9.17) is 0 Å². The van der Waals surface area contributed by atoms with Crippen molar-refractivity contribution < 1.29 is 5.11 Å². The van der Waals surface area contributed by atoms with Crippen LogP contribution in [-0.2, 0) is 0 Å². The number of fused-ring (bicyclic) bond motifs is 3. The van der Waals surface area contributed by atoms with Crippen LogP contribution < -0.4 is 5.56 Å². The molecule has 4 heteroatoms. The number of rotatable bonds is 1. The fraction of sp³-hybridized carbons (Fsp3) is 0. The zero-order chi connectivity index (χ0) is 15.1. The molecule has 0 fully saturated rings. The average Bonchev–Trinajstić information content (AvgIpc) is 2.56. The maximum Gasteiger partial charge on any atom is 0.269 e. The zero-order valence-corrected chi connectivity index (χ0v) is 11.6. The van der Waals surface area contributed by atoms with Crippen LogP contribution in [0.1, 0.15) is 0 Å². The van der Waals surface area contributed by atoms with Gasteiger partial charge in [0.15, 0.2) is 5.65 Å². The van der Waals surface area contributed by atoms with Crippen molar-refractivity contribution in [2.75, 3.05) is 0 Å². The number of aromatic nitrogens is 2. The van der Waals surface area contributed by atoms with Crippen LogP contribution in [-0.4, -0.2) is 14.5 Å². The highest BCUT2D eigenvalue weighted by Crippen LogP contribution is 2.26. The molecule has 0 amide bonds. The van der Waals surface area contributed by atoms with Gasteiger partial charge in [0, 0.05) is 11.6 Å². The highest BCUT2D eigenvalue weighted by molar-refractivity contribution is 5.94. The summed E-state index contributed by atoms with van der Waals surface area (Å²) in [4.78, 5) is 17.0. The Morgan fingerprint density at radius 3 is 2.45 bits per heavy atom. The fourth-order valence-electron chi connectivity index (χ4n) is 2.71. The van der Waals surface area contributed by atoms with E-state index in [0.29, 0.717) is 11.2 Å². The van der Waals surface area contributed by atoms with E-state index in [1.807, 2.05) is 48.5 Å². The molecule has 0 radical (unpaired) electrons. The summed E-state index contributed by atoms with van der Waals surface area (Å²) < 4.78 is 1.48. The van der Waals surface area contributed by atoms with E-state index in [1.165, 1.54) is 4.40 Å². The molecule has 0 spiro atoms. The first-order valence-corrected chi connectivity index (χ1v) is 6.94. The van der Waals surface area contributed by atoms with Crippen molar-refractivity contribution in [2.45, 2.75) is 0 Å². The molecular weight excluding hydrogens is 276 g/mol. The highest BCUT2D eigenvalue weighted by Gasteiger charge is 2.15. The summed E-state index contributed by atoms with van der Waals surface area (Å²) in [7, 11) is 0. The molecule has 2 aromatic carbocycles. The number of pyridine rings is 1. The molecule has 4 aromatic rings. The molecule has 2 aromatic heterocycles. The third kappa shape index (κ3) is 1.78. The summed E-state index contributed by atoms with van der Waals surface area (Å²) in [6.45, 7) is 0. The van der Waals surface area contributed by atoms with Crippen LogP contribution in [0.3, 0.4) is 0 Å². The lowest BCUT2D eigenvalue weighted by Gasteiger charge is -2.09. The molecule has 106 valence electrons. The van der Waals surface area contributed by atoms with Crippen molar-refractivity contribution in [3.8, 4) is 17.0 Å². The average molecular weight is 288 g/mol. The lowest BCUT2D eigenvalue weighted by Crippen LogP contribution is -2.17. The molecule has 0 aliphatic heterocycles. The Bertz CT molecular complexity index is 1050. The SMILES string of the molecule is O=c1c(-c2ccccc2)c(O)nc2c3ccccc3ccn12. The van der Waals surface area contributed by atoms with Crippen LogP contribution in [0, 0.1) is 0 Å². The summed E-state index contributed by atoms with van der Waals surface area (Å²) >= 11 is 0. The van der Waals surface area contributed by atoms with Gasteiger partial charge in [0.1, 0.15) is 5.56 Å². The van der Waals surface area contributed by atoms with Crippen molar-refractivity contribution in [2.24, 2.45) is 0 Å². The van der Waals surface area contributed by atoms with E-state index in [-0.39, 0.29) is 17.0 Å². The molecule has 0 bridgehead atoms. The molecule has 2 heterocycles. The van der Waals surface area contributed by atoms with Crippen molar-refractivity contribution >= 4 is 16.4 Å². The van der Waals surface area contributed by atoms with Crippen molar-refractivity contribution in [1.82, 2.24) is 9.38 Å². The molecule has 1 N–H and O–H groups in total. The summed E-state index contributed by atoms with van der Waals surface area (Å²) in [5.41, 5.74) is 1.05. The van der Waals surface area contributed by atoms with E-state index in [2.05, 4.69) is 4.98 Å². The number of hydrogen-bond donors (Lipinski definition) is 1. The summed E-state index contributed by atoms with van der Waals surface area (Å²) in [6, 6.07) is 18.6. The van der Waals surface area contributed by atoms with Gasteiger partial charge in [0.25, 0.3) is 5.56 Å². The predicted molar refractivity (Wildman–Crippen MR) is 86.1 cm³/mol. The monoisotopic (exact) mass is 288 g/mol. The molecule has 0 aliphatic rings. The van der Waals surface area contributed by atoms with E-state index in [1.54, 1.807) is 18.3 Å². The van der Waals surface area contributed by atoms with Gasteiger partial charge in [0.2, 0.25) is 5.88 Å². The smallest absolute Gasteiger partial charge is 0.269 e. The van der Waals surface area contributed by atoms with Crippen molar-refractivity contribution in [3.05, 3.63) is 77.2 Å².